The number of hydrogen-bond donors (Lipinski definition) is 2. The van der Waals surface area contributed by atoms with Crippen LogP contribution >= 0.6 is 0 Å². The molecule has 30 heavy (non-hydrogen) atoms. The number of ether oxygens (including phenoxy) is 1. The van der Waals surface area contributed by atoms with E-state index in [1.807, 2.05) is 0 Å². The first-order valence-electron chi connectivity index (χ1n) is 10.5. The Hall–Kier alpha value is -3.09. The normalized spacial score (nSPS) is 11.1. The fraction of sp³-hybridized carbons (Fsp3) is 0.435. The predicted molar refractivity (Wildman–Crippen MR) is 114 cm³/mol. The average molecular weight is 412 g/mol. The summed E-state index contributed by atoms with van der Waals surface area (Å²) >= 11 is 0. The Bertz CT molecular complexity index is 1060. The second-order valence-corrected chi connectivity index (χ2v) is 7.41. The van der Waals surface area contributed by atoms with E-state index in [1.165, 1.54) is 18.3 Å². The van der Waals surface area contributed by atoms with Crippen molar-refractivity contribution in [2.45, 2.75) is 65.2 Å². The Morgan fingerprint density at radius 2 is 1.70 bits per heavy atom. The maximum Gasteiger partial charge on any atom is 0.347 e. The average Bonchev–Trinajstić information content (AvgIpc) is 2.69. The van der Waals surface area contributed by atoms with Crippen LogP contribution in [0.2, 0.25) is 0 Å². The highest BCUT2D eigenvalue weighted by Crippen LogP contribution is 2.34. The predicted octanol–water partition coefficient (Wildman–Crippen LogP) is 5.25. The molecule has 0 atom stereocenters. The minimum atomic E-state index is -0.513. The SMILES string of the molecule is CCCCCc1cc2cc(O)cc(Oc3cnc(O)nc3CCCCC)c2c(=O)o1. The van der Waals surface area contributed by atoms with Gasteiger partial charge in [0.25, 0.3) is 0 Å². The molecular weight excluding hydrogens is 384 g/mol. The number of aromatic hydroxyl groups is 2. The number of aryl methyl sites for hydroxylation is 2. The fourth-order valence-corrected chi connectivity index (χ4v) is 3.40. The molecule has 0 aliphatic heterocycles. The van der Waals surface area contributed by atoms with Crippen molar-refractivity contribution in [1.82, 2.24) is 9.97 Å². The van der Waals surface area contributed by atoms with Crippen molar-refractivity contribution in [3.05, 3.63) is 46.3 Å². The number of benzene rings is 1. The van der Waals surface area contributed by atoms with Gasteiger partial charge in [-0.25, -0.2) is 4.79 Å². The van der Waals surface area contributed by atoms with E-state index in [4.69, 9.17) is 9.15 Å². The topological polar surface area (TPSA) is 106 Å². The molecule has 7 heteroatoms. The third-order valence-electron chi connectivity index (χ3n) is 4.94. The lowest BCUT2D eigenvalue weighted by molar-refractivity contribution is 0.411. The Morgan fingerprint density at radius 3 is 2.43 bits per heavy atom. The number of unbranched alkanes of at least 4 members (excludes halogenated alkanes) is 4. The summed E-state index contributed by atoms with van der Waals surface area (Å²) in [5.74, 6) is 1.08. The molecule has 2 aromatic heterocycles. The van der Waals surface area contributed by atoms with E-state index < -0.39 is 5.63 Å². The molecule has 0 radical (unpaired) electrons. The van der Waals surface area contributed by atoms with Crippen LogP contribution in [-0.4, -0.2) is 20.2 Å². The van der Waals surface area contributed by atoms with Gasteiger partial charge in [0.05, 0.1) is 11.9 Å². The summed E-state index contributed by atoms with van der Waals surface area (Å²) in [6, 6.07) is 4.34. The summed E-state index contributed by atoms with van der Waals surface area (Å²) in [5, 5.41) is 20.6. The van der Waals surface area contributed by atoms with Gasteiger partial charge in [0.15, 0.2) is 5.75 Å². The van der Waals surface area contributed by atoms with Gasteiger partial charge < -0.3 is 19.4 Å². The molecule has 0 amide bonds. The number of phenols is 1. The molecule has 0 aliphatic carbocycles. The van der Waals surface area contributed by atoms with Gasteiger partial charge in [-0.15, -0.1) is 0 Å². The van der Waals surface area contributed by atoms with Crippen LogP contribution in [0.3, 0.4) is 0 Å². The van der Waals surface area contributed by atoms with Gasteiger partial charge in [0, 0.05) is 12.5 Å². The minimum Gasteiger partial charge on any atom is -0.508 e. The van der Waals surface area contributed by atoms with Crippen molar-refractivity contribution >= 4 is 10.8 Å². The van der Waals surface area contributed by atoms with Crippen LogP contribution in [0.25, 0.3) is 10.8 Å². The molecule has 1 aromatic carbocycles. The van der Waals surface area contributed by atoms with E-state index >= 15 is 0 Å². The highest BCUT2D eigenvalue weighted by Gasteiger charge is 2.16. The molecule has 0 saturated heterocycles. The van der Waals surface area contributed by atoms with Crippen molar-refractivity contribution in [2.75, 3.05) is 0 Å². The minimum absolute atomic E-state index is 0.0187. The monoisotopic (exact) mass is 412 g/mol. The number of nitrogens with zero attached hydrogens (tertiary/aromatic N) is 2. The zero-order chi connectivity index (χ0) is 21.5. The van der Waals surface area contributed by atoms with Gasteiger partial charge >= 0.3 is 11.6 Å². The van der Waals surface area contributed by atoms with Crippen LogP contribution in [0.4, 0.5) is 0 Å². The molecular formula is C23H28N2O5. The number of rotatable bonds is 10. The standard InChI is InChI=1S/C23H28N2O5/c1-3-5-7-9-17-12-15-11-16(26)13-19(21(15)22(27)29-17)30-20-14-24-23(28)25-18(20)10-8-6-4-2/h11-14,26H,3-10H2,1-2H3,(H,24,25,28). The lowest BCUT2D eigenvalue weighted by Gasteiger charge is -2.12. The van der Waals surface area contributed by atoms with Crippen LogP contribution in [-0.2, 0) is 12.8 Å². The molecule has 0 bridgehead atoms. The summed E-state index contributed by atoms with van der Waals surface area (Å²) in [4.78, 5) is 20.6. The molecule has 0 spiro atoms. The Kier molecular flexibility index (Phi) is 7.27. The maximum atomic E-state index is 12.7. The molecule has 0 unspecified atom stereocenters. The molecule has 3 aromatic rings. The summed E-state index contributed by atoms with van der Waals surface area (Å²) in [6.07, 6.45) is 8.65. The summed E-state index contributed by atoms with van der Waals surface area (Å²) in [5.41, 5.74) is 0.0363. The molecule has 7 nitrogen and oxygen atoms in total. The van der Waals surface area contributed by atoms with Gasteiger partial charge in [0.2, 0.25) is 0 Å². The van der Waals surface area contributed by atoms with Crippen molar-refractivity contribution in [3.8, 4) is 23.3 Å². The van der Waals surface area contributed by atoms with Crippen molar-refractivity contribution in [2.24, 2.45) is 0 Å². The van der Waals surface area contributed by atoms with Crippen molar-refractivity contribution in [1.29, 1.82) is 0 Å². The number of hydrogen-bond acceptors (Lipinski definition) is 7. The molecule has 160 valence electrons. The first-order valence-corrected chi connectivity index (χ1v) is 10.5. The third-order valence-corrected chi connectivity index (χ3v) is 4.94. The first-order chi connectivity index (χ1) is 14.5. The van der Waals surface area contributed by atoms with E-state index in [1.54, 1.807) is 6.07 Å². The molecule has 0 aliphatic rings. The molecule has 3 rings (SSSR count). The first kappa shape index (κ1) is 21.6. The summed E-state index contributed by atoms with van der Waals surface area (Å²) < 4.78 is 11.4. The summed E-state index contributed by atoms with van der Waals surface area (Å²) in [6.45, 7) is 4.21. The van der Waals surface area contributed by atoms with Gasteiger partial charge in [-0.3, -0.25) is 0 Å². The Balaban J connectivity index is 1.97. The van der Waals surface area contributed by atoms with E-state index in [-0.39, 0.29) is 22.9 Å². The quantitative estimate of drug-likeness (QED) is 0.438. The largest absolute Gasteiger partial charge is 0.508 e. The van der Waals surface area contributed by atoms with Crippen LogP contribution < -0.4 is 10.4 Å². The number of aromatic nitrogens is 2. The third kappa shape index (κ3) is 5.28. The maximum absolute atomic E-state index is 12.7. The zero-order valence-corrected chi connectivity index (χ0v) is 17.5. The van der Waals surface area contributed by atoms with Crippen molar-refractivity contribution in [3.63, 3.8) is 0 Å². The number of fused-ring (bicyclic) bond motifs is 1. The van der Waals surface area contributed by atoms with Gasteiger partial charge in [0.1, 0.15) is 22.6 Å². The van der Waals surface area contributed by atoms with E-state index in [9.17, 15) is 15.0 Å². The molecule has 2 N–H and O–H groups in total. The van der Waals surface area contributed by atoms with Crippen LogP contribution in [0.15, 0.2) is 33.6 Å². The molecule has 2 heterocycles. The molecule has 0 fully saturated rings. The Labute approximate surface area is 175 Å². The molecule has 0 saturated carbocycles. The van der Waals surface area contributed by atoms with Crippen molar-refractivity contribution < 1.29 is 19.4 Å². The number of phenolic OH excluding ortho intramolecular Hbond substituents is 1. The van der Waals surface area contributed by atoms with Gasteiger partial charge in [-0.05, 0) is 36.8 Å². The second-order valence-electron chi connectivity index (χ2n) is 7.41. The second kappa shape index (κ2) is 10.1. The Morgan fingerprint density at radius 1 is 0.967 bits per heavy atom. The van der Waals surface area contributed by atoms with Crippen LogP contribution in [0.1, 0.15) is 63.8 Å². The lowest BCUT2D eigenvalue weighted by atomic mass is 10.1. The van der Waals surface area contributed by atoms with Gasteiger partial charge in [-0.1, -0.05) is 39.5 Å². The van der Waals surface area contributed by atoms with Crippen LogP contribution in [0, 0.1) is 0 Å². The zero-order valence-electron chi connectivity index (χ0n) is 17.5. The lowest BCUT2D eigenvalue weighted by Crippen LogP contribution is -2.05. The van der Waals surface area contributed by atoms with E-state index in [0.717, 1.165) is 38.5 Å². The van der Waals surface area contributed by atoms with E-state index in [2.05, 4.69) is 23.8 Å². The van der Waals surface area contributed by atoms with Crippen LogP contribution in [0.5, 0.6) is 23.3 Å². The summed E-state index contributed by atoms with van der Waals surface area (Å²) in [7, 11) is 0. The fourth-order valence-electron chi connectivity index (χ4n) is 3.40. The van der Waals surface area contributed by atoms with E-state index in [0.29, 0.717) is 35.4 Å². The van der Waals surface area contributed by atoms with Gasteiger partial charge in [-0.2, -0.15) is 9.97 Å². The smallest absolute Gasteiger partial charge is 0.347 e. The highest BCUT2D eigenvalue weighted by molar-refractivity contribution is 5.89. The highest BCUT2D eigenvalue weighted by atomic mass is 16.5.